The van der Waals surface area contributed by atoms with Crippen LogP contribution in [-0.2, 0) is 0 Å². The van der Waals surface area contributed by atoms with Crippen molar-refractivity contribution in [2.75, 3.05) is 19.6 Å². The predicted octanol–water partition coefficient (Wildman–Crippen LogP) is 2.52. The van der Waals surface area contributed by atoms with Crippen LogP contribution in [0.2, 0.25) is 0 Å². The van der Waals surface area contributed by atoms with Gasteiger partial charge in [0.05, 0.1) is 0 Å². The summed E-state index contributed by atoms with van der Waals surface area (Å²) in [6.45, 7) is 18.2. The average Bonchev–Trinajstić information content (AvgIpc) is 2.15. The lowest BCUT2D eigenvalue weighted by molar-refractivity contribution is 0.173. The Morgan fingerprint density at radius 1 is 1.27 bits per heavy atom. The maximum Gasteiger partial charge on any atom is 0.0246 e. The Morgan fingerprint density at radius 2 is 1.87 bits per heavy atom. The van der Waals surface area contributed by atoms with E-state index in [1.165, 1.54) is 0 Å². The maximum atomic E-state index is 3.82. The summed E-state index contributed by atoms with van der Waals surface area (Å²) in [6.07, 6.45) is 1.99. The summed E-state index contributed by atoms with van der Waals surface area (Å²) in [7, 11) is 0. The zero-order valence-corrected chi connectivity index (χ0v) is 11.1. The Balaban J connectivity index is 4.27. The summed E-state index contributed by atoms with van der Waals surface area (Å²) in [5.41, 5.74) is 0. The summed E-state index contributed by atoms with van der Waals surface area (Å²) in [5.74, 6) is 0.677. The molecule has 2 nitrogen and oxygen atoms in total. The molecule has 0 aliphatic rings. The molecule has 1 N–H and O–H groups in total. The molecule has 0 heterocycles. The van der Waals surface area contributed by atoms with Gasteiger partial charge in [-0.3, -0.25) is 4.90 Å². The van der Waals surface area contributed by atoms with Crippen LogP contribution in [0.4, 0.5) is 0 Å². The molecule has 0 aromatic heterocycles. The van der Waals surface area contributed by atoms with Gasteiger partial charge in [0.1, 0.15) is 0 Å². The fourth-order valence-electron chi connectivity index (χ4n) is 1.81. The summed E-state index contributed by atoms with van der Waals surface area (Å²) < 4.78 is 0. The lowest BCUT2D eigenvalue weighted by Gasteiger charge is -2.33. The molecule has 0 saturated heterocycles. The fourth-order valence-corrected chi connectivity index (χ4v) is 1.81. The van der Waals surface area contributed by atoms with Gasteiger partial charge in [-0.2, -0.15) is 0 Å². The van der Waals surface area contributed by atoms with Gasteiger partial charge in [0.15, 0.2) is 0 Å². The van der Waals surface area contributed by atoms with E-state index < -0.39 is 0 Å². The molecule has 2 heteroatoms. The highest BCUT2D eigenvalue weighted by Gasteiger charge is 2.19. The molecular weight excluding hydrogens is 184 g/mol. The molecule has 0 aromatic rings. The molecular formula is C13H28N2. The standard InChI is InChI=1S/C13H28N2/c1-7-9-15(8-2)13(11(3)4)10-14-12(5)6/h7,11-14H,1,8-10H2,2-6H3. The number of nitrogens with one attached hydrogen (secondary N) is 1. The van der Waals surface area contributed by atoms with E-state index in [1.54, 1.807) is 0 Å². The zero-order chi connectivity index (χ0) is 11.8. The second-order valence-electron chi connectivity index (χ2n) is 4.75. The largest absolute Gasteiger partial charge is 0.313 e. The third-order valence-corrected chi connectivity index (χ3v) is 2.74. The van der Waals surface area contributed by atoms with Crippen molar-refractivity contribution >= 4 is 0 Å². The van der Waals surface area contributed by atoms with Crippen molar-refractivity contribution in [3.8, 4) is 0 Å². The smallest absolute Gasteiger partial charge is 0.0246 e. The zero-order valence-electron chi connectivity index (χ0n) is 11.1. The van der Waals surface area contributed by atoms with Gasteiger partial charge in [-0.15, -0.1) is 6.58 Å². The summed E-state index contributed by atoms with van der Waals surface area (Å²) in [5, 5.41) is 3.52. The second-order valence-corrected chi connectivity index (χ2v) is 4.75. The topological polar surface area (TPSA) is 15.3 Å². The molecule has 0 spiro atoms. The summed E-state index contributed by atoms with van der Waals surface area (Å²) in [6, 6.07) is 1.17. The van der Waals surface area contributed by atoms with E-state index in [2.05, 4.69) is 51.4 Å². The van der Waals surface area contributed by atoms with E-state index in [-0.39, 0.29) is 0 Å². The molecule has 0 saturated carbocycles. The predicted molar refractivity (Wildman–Crippen MR) is 69.2 cm³/mol. The molecule has 90 valence electrons. The van der Waals surface area contributed by atoms with Crippen molar-refractivity contribution in [3.63, 3.8) is 0 Å². The third kappa shape index (κ3) is 5.95. The fraction of sp³-hybridized carbons (Fsp3) is 0.846. The van der Waals surface area contributed by atoms with Crippen LogP contribution in [-0.4, -0.2) is 36.6 Å². The lowest BCUT2D eigenvalue weighted by Crippen LogP contribution is -2.47. The minimum absolute atomic E-state index is 0.564. The highest BCUT2D eigenvalue weighted by Crippen LogP contribution is 2.10. The highest BCUT2D eigenvalue weighted by atomic mass is 15.2. The molecule has 0 aromatic carbocycles. The van der Waals surface area contributed by atoms with Crippen molar-refractivity contribution in [2.24, 2.45) is 5.92 Å². The molecule has 1 atom stereocenters. The number of rotatable bonds is 8. The van der Waals surface area contributed by atoms with Crippen LogP contribution in [0.5, 0.6) is 0 Å². The highest BCUT2D eigenvalue weighted by molar-refractivity contribution is 4.82. The van der Waals surface area contributed by atoms with Crippen LogP contribution in [0, 0.1) is 5.92 Å². The number of likely N-dealkylation sites (N-methyl/N-ethyl adjacent to an activating group) is 1. The van der Waals surface area contributed by atoms with Gasteiger partial charge in [0, 0.05) is 25.2 Å². The van der Waals surface area contributed by atoms with E-state index >= 15 is 0 Å². The van der Waals surface area contributed by atoms with Gasteiger partial charge in [0.25, 0.3) is 0 Å². The quantitative estimate of drug-likeness (QED) is 0.622. The third-order valence-electron chi connectivity index (χ3n) is 2.74. The molecule has 0 radical (unpaired) electrons. The summed E-state index contributed by atoms with van der Waals surface area (Å²) >= 11 is 0. The van der Waals surface area contributed by atoms with Crippen molar-refractivity contribution in [3.05, 3.63) is 12.7 Å². The lowest BCUT2D eigenvalue weighted by atomic mass is 10.0. The first-order chi connectivity index (χ1) is 7.02. The minimum atomic E-state index is 0.564. The van der Waals surface area contributed by atoms with E-state index in [0.29, 0.717) is 18.0 Å². The number of hydrogen-bond donors (Lipinski definition) is 1. The van der Waals surface area contributed by atoms with Crippen LogP contribution in [0.25, 0.3) is 0 Å². The normalized spacial score (nSPS) is 13.9. The van der Waals surface area contributed by atoms with Crippen LogP contribution in [0.15, 0.2) is 12.7 Å². The molecule has 0 bridgehead atoms. The Labute approximate surface area is 95.7 Å². The average molecular weight is 212 g/mol. The van der Waals surface area contributed by atoms with Gasteiger partial charge in [-0.25, -0.2) is 0 Å². The van der Waals surface area contributed by atoms with E-state index in [4.69, 9.17) is 0 Å². The number of hydrogen-bond acceptors (Lipinski definition) is 2. The van der Waals surface area contributed by atoms with Gasteiger partial charge in [-0.05, 0) is 12.5 Å². The first-order valence-corrected chi connectivity index (χ1v) is 6.11. The Morgan fingerprint density at radius 3 is 2.20 bits per heavy atom. The van der Waals surface area contributed by atoms with Crippen molar-refractivity contribution in [1.82, 2.24) is 10.2 Å². The van der Waals surface area contributed by atoms with Crippen molar-refractivity contribution in [2.45, 2.75) is 46.7 Å². The van der Waals surface area contributed by atoms with E-state index in [9.17, 15) is 0 Å². The SMILES string of the molecule is C=CCN(CC)C(CNC(C)C)C(C)C. The monoisotopic (exact) mass is 212 g/mol. The van der Waals surface area contributed by atoms with Gasteiger partial charge < -0.3 is 5.32 Å². The van der Waals surface area contributed by atoms with Gasteiger partial charge in [-0.1, -0.05) is 40.7 Å². The summed E-state index contributed by atoms with van der Waals surface area (Å²) in [4.78, 5) is 2.48. The minimum Gasteiger partial charge on any atom is -0.313 e. The van der Waals surface area contributed by atoms with Crippen LogP contribution in [0.3, 0.4) is 0 Å². The van der Waals surface area contributed by atoms with E-state index in [0.717, 1.165) is 19.6 Å². The first-order valence-electron chi connectivity index (χ1n) is 6.11. The Bertz CT molecular complexity index is 164. The van der Waals surface area contributed by atoms with Crippen LogP contribution in [0.1, 0.15) is 34.6 Å². The van der Waals surface area contributed by atoms with E-state index in [1.807, 2.05) is 6.08 Å². The van der Waals surface area contributed by atoms with Crippen LogP contribution < -0.4 is 5.32 Å². The molecule has 1 unspecified atom stereocenters. The molecule has 0 aliphatic carbocycles. The molecule has 0 aliphatic heterocycles. The molecule has 15 heavy (non-hydrogen) atoms. The number of nitrogens with zero attached hydrogens (tertiary/aromatic N) is 1. The van der Waals surface area contributed by atoms with Gasteiger partial charge >= 0.3 is 0 Å². The molecule has 0 rings (SSSR count). The second kappa shape index (κ2) is 7.89. The Kier molecular flexibility index (Phi) is 7.71. The maximum absolute atomic E-state index is 3.82. The van der Waals surface area contributed by atoms with Crippen molar-refractivity contribution < 1.29 is 0 Å². The Hall–Kier alpha value is -0.340. The van der Waals surface area contributed by atoms with Crippen molar-refractivity contribution in [1.29, 1.82) is 0 Å². The molecule has 0 fully saturated rings. The van der Waals surface area contributed by atoms with Gasteiger partial charge in [0.2, 0.25) is 0 Å². The molecule has 0 amide bonds. The first kappa shape index (κ1) is 14.7. The van der Waals surface area contributed by atoms with Crippen LogP contribution >= 0.6 is 0 Å².